The van der Waals surface area contributed by atoms with Crippen LogP contribution in [-0.2, 0) is 4.79 Å². The third-order valence-corrected chi connectivity index (χ3v) is 6.19. The molecule has 5 nitrogen and oxygen atoms in total. The van der Waals surface area contributed by atoms with Crippen LogP contribution in [0.2, 0.25) is 5.02 Å². The Hall–Kier alpha value is -1.87. The van der Waals surface area contributed by atoms with Crippen LogP contribution in [0.15, 0.2) is 18.2 Å². The highest BCUT2D eigenvalue weighted by molar-refractivity contribution is 6.31. The van der Waals surface area contributed by atoms with E-state index < -0.39 is 29.3 Å². The molecule has 1 aliphatic rings. The summed E-state index contributed by atoms with van der Waals surface area (Å²) in [4.78, 5) is 25.1. The lowest BCUT2D eigenvalue weighted by atomic mass is 9.86. The number of amides is 2. The second kappa shape index (κ2) is 10.2. The minimum absolute atomic E-state index is 0.0281. The maximum absolute atomic E-state index is 13.4. The molecule has 2 amide bonds. The summed E-state index contributed by atoms with van der Waals surface area (Å²) in [7, 11) is 1.16. The molecule has 10 heteroatoms. The van der Waals surface area contributed by atoms with E-state index in [0.717, 1.165) is 63.6 Å². The highest BCUT2D eigenvalue weighted by atomic mass is 35.5. The summed E-state index contributed by atoms with van der Waals surface area (Å²) in [5, 5.41) is 5.98. The third-order valence-electron chi connectivity index (χ3n) is 5.97. The number of carbonyl (C=O) groups is 2. The molecule has 174 valence electrons. The summed E-state index contributed by atoms with van der Waals surface area (Å²) in [6, 6.07) is 3.67. The predicted octanol–water partition coefficient (Wildman–Crippen LogP) is 4.16. The fourth-order valence-electron chi connectivity index (χ4n) is 3.45. The lowest BCUT2D eigenvalue weighted by Gasteiger charge is -2.37. The van der Waals surface area contributed by atoms with Gasteiger partial charge in [-0.15, -0.1) is 0 Å². The average Bonchev–Trinajstić information content (AvgIpc) is 2.68. The maximum atomic E-state index is 13.4. The monoisotopic (exact) mass is 465 g/mol. The fourth-order valence-corrected chi connectivity index (χ4v) is 3.67. The van der Waals surface area contributed by atoms with Crippen LogP contribution in [0.3, 0.4) is 0 Å². The van der Waals surface area contributed by atoms with Crippen molar-refractivity contribution in [2.24, 2.45) is 5.92 Å². The Bertz CT molecular complexity index is 773. The highest BCUT2D eigenvalue weighted by Crippen LogP contribution is 2.34. The molecule has 1 saturated carbocycles. The van der Waals surface area contributed by atoms with Crippen LogP contribution >= 0.6 is 11.6 Å². The van der Waals surface area contributed by atoms with Gasteiger partial charge in [0.05, 0.1) is 6.54 Å². The number of benzene rings is 1. The number of nitrogens with one attached hydrogen (secondary N) is 2. The first-order chi connectivity index (χ1) is 14.3. The van der Waals surface area contributed by atoms with Gasteiger partial charge in [0.2, 0.25) is 5.91 Å². The SMILES string of the molecule is CN(C(=O)CNC1CCC(CNC(=O)c2cc(F)cc(Cl)c2)CC1)C(C)(C)C(F)(F)F. The van der Waals surface area contributed by atoms with Gasteiger partial charge in [0.25, 0.3) is 5.91 Å². The van der Waals surface area contributed by atoms with Crippen molar-refractivity contribution in [2.75, 3.05) is 20.1 Å². The molecular formula is C21H28ClF4N3O2. The van der Waals surface area contributed by atoms with E-state index in [2.05, 4.69) is 10.6 Å². The van der Waals surface area contributed by atoms with Crippen LogP contribution in [0.5, 0.6) is 0 Å². The molecule has 2 rings (SSSR count). The summed E-state index contributed by atoms with van der Waals surface area (Å²) in [5.74, 6) is -1.37. The van der Waals surface area contributed by atoms with Crippen molar-refractivity contribution in [1.82, 2.24) is 15.5 Å². The Morgan fingerprint density at radius 2 is 1.74 bits per heavy atom. The van der Waals surface area contributed by atoms with Gasteiger partial charge in [0, 0.05) is 30.2 Å². The molecule has 1 aromatic rings. The second-order valence-corrected chi connectivity index (χ2v) is 8.91. The van der Waals surface area contributed by atoms with Gasteiger partial charge in [-0.25, -0.2) is 4.39 Å². The Balaban J connectivity index is 1.74. The number of hydrogen-bond acceptors (Lipinski definition) is 3. The topological polar surface area (TPSA) is 61.4 Å². The van der Waals surface area contributed by atoms with Gasteiger partial charge in [0.15, 0.2) is 0 Å². The van der Waals surface area contributed by atoms with Gasteiger partial charge in [0.1, 0.15) is 11.4 Å². The summed E-state index contributed by atoms with van der Waals surface area (Å²) in [6.07, 6.45) is -1.45. The fraction of sp³-hybridized carbons (Fsp3) is 0.619. The van der Waals surface area contributed by atoms with Gasteiger partial charge >= 0.3 is 6.18 Å². The molecule has 1 fully saturated rings. The number of halogens is 5. The molecule has 2 N–H and O–H groups in total. The van der Waals surface area contributed by atoms with Crippen molar-refractivity contribution in [3.63, 3.8) is 0 Å². The molecule has 31 heavy (non-hydrogen) atoms. The minimum Gasteiger partial charge on any atom is -0.352 e. The molecule has 0 saturated heterocycles. The Labute approximate surface area is 184 Å². The molecule has 0 bridgehead atoms. The van der Waals surface area contributed by atoms with Gasteiger partial charge in [-0.2, -0.15) is 13.2 Å². The molecule has 1 aromatic carbocycles. The first-order valence-electron chi connectivity index (χ1n) is 10.1. The molecular weight excluding hydrogens is 438 g/mol. The van der Waals surface area contributed by atoms with Crippen LogP contribution in [0.25, 0.3) is 0 Å². The molecule has 0 aromatic heterocycles. The van der Waals surface area contributed by atoms with E-state index in [1.807, 2.05) is 0 Å². The maximum Gasteiger partial charge on any atom is 0.411 e. The normalized spacial score (nSPS) is 19.7. The zero-order valence-electron chi connectivity index (χ0n) is 17.8. The van der Waals surface area contributed by atoms with E-state index in [0.29, 0.717) is 6.54 Å². The summed E-state index contributed by atoms with van der Waals surface area (Å²) >= 11 is 5.77. The molecule has 0 spiro atoms. The van der Waals surface area contributed by atoms with Crippen molar-refractivity contribution in [3.05, 3.63) is 34.6 Å². The van der Waals surface area contributed by atoms with Gasteiger partial charge in [-0.3, -0.25) is 9.59 Å². The van der Waals surface area contributed by atoms with Gasteiger partial charge < -0.3 is 15.5 Å². The summed E-state index contributed by atoms with van der Waals surface area (Å²) in [5.41, 5.74) is -2.09. The van der Waals surface area contributed by atoms with E-state index in [4.69, 9.17) is 11.6 Å². The number of rotatable bonds is 7. The van der Waals surface area contributed by atoms with Crippen LogP contribution in [0.1, 0.15) is 49.9 Å². The lowest BCUT2D eigenvalue weighted by molar-refractivity contribution is -0.217. The highest BCUT2D eigenvalue weighted by Gasteiger charge is 2.51. The van der Waals surface area contributed by atoms with Crippen LogP contribution in [-0.4, -0.2) is 54.6 Å². The summed E-state index contributed by atoms with van der Waals surface area (Å²) in [6.45, 7) is 2.22. The Morgan fingerprint density at radius 3 is 2.29 bits per heavy atom. The number of hydrogen-bond donors (Lipinski definition) is 2. The molecule has 1 aliphatic carbocycles. The minimum atomic E-state index is -4.52. The van der Waals surface area contributed by atoms with Crippen molar-refractivity contribution < 1.29 is 27.2 Å². The quantitative estimate of drug-likeness (QED) is 0.594. The second-order valence-electron chi connectivity index (χ2n) is 8.48. The van der Waals surface area contributed by atoms with Crippen molar-refractivity contribution in [2.45, 2.75) is 57.3 Å². The number of nitrogens with zero attached hydrogens (tertiary/aromatic N) is 1. The van der Waals surface area contributed by atoms with Crippen LogP contribution in [0, 0.1) is 11.7 Å². The molecule has 0 heterocycles. The largest absolute Gasteiger partial charge is 0.411 e. The molecule has 0 radical (unpaired) electrons. The van der Waals surface area contributed by atoms with E-state index in [9.17, 15) is 27.2 Å². The standard InChI is InChI=1S/C21H28ClF4N3O2/c1-20(2,21(24,25)26)29(3)18(30)12-27-17-6-4-13(5-7-17)11-28-19(31)14-8-15(22)10-16(23)9-14/h8-10,13,17,27H,4-7,11-12H2,1-3H3,(H,28,31). The molecule has 0 aliphatic heterocycles. The number of carbonyl (C=O) groups excluding carboxylic acids is 2. The van der Waals surface area contributed by atoms with E-state index >= 15 is 0 Å². The zero-order valence-corrected chi connectivity index (χ0v) is 18.5. The summed E-state index contributed by atoms with van der Waals surface area (Å²) < 4.78 is 52.6. The first-order valence-corrected chi connectivity index (χ1v) is 10.5. The Morgan fingerprint density at radius 1 is 1.13 bits per heavy atom. The number of likely N-dealkylation sites (N-methyl/N-ethyl adjacent to an activating group) is 1. The van der Waals surface area contributed by atoms with Gasteiger partial charge in [-0.1, -0.05) is 11.6 Å². The van der Waals surface area contributed by atoms with E-state index in [1.54, 1.807) is 0 Å². The lowest BCUT2D eigenvalue weighted by Crippen LogP contribution is -2.57. The van der Waals surface area contributed by atoms with Crippen molar-refractivity contribution in [3.8, 4) is 0 Å². The smallest absolute Gasteiger partial charge is 0.352 e. The number of alkyl halides is 3. The predicted molar refractivity (Wildman–Crippen MR) is 110 cm³/mol. The van der Waals surface area contributed by atoms with E-state index in [-0.39, 0.29) is 29.1 Å². The van der Waals surface area contributed by atoms with Crippen LogP contribution in [0.4, 0.5) is 17.6 Å². The first kappa shape index (κ1) is 25.4. The molecule has 0 unspecified atom stereocenters. The van der Waals surface area contributed by atoms with E-state index in [1.165, 1.54) is 6.07 Å². The average molecular weight is 466 g/mol. The van der Waals surface area contributed by atoms with Crippen LogP contribution < -0.4 is 10.6 Å². The van der Waals surface area contributed by atoms with Gasteiger partial charge in [-0.05, 0) is 63.6 Å². The molecule has 0 atom stereocenters. The third kappa shape index (κ3) is 6.80. The Kier molecular flexibility index (Phi) is 8.33. The zero-order chi connectivity index (χ0) is 23.4. The van der Waals surface area contributed by atoms with Crippen molar-refractivity contribution in [1.29, 1.82) is 0 Å². The van der Waals surface area contributed by atoms with Crippen molar-refractivity contribution >= 4 is 23.4 Å².